The number of alkyl halides is 1. The average Bonchev–Trinajstić information content (AvgIpc) is 2.82. The van der Waals surface area contributed by atoms with Crippen molar-refractivity contribution >= 4 is 5.69 Å². The van der Waals surface area contributed by atoms with Gasteiger partial charge in [-0.1, -0.05) is 18.2 Å². The minimum Gasteiger partial charge on any atom is -0.390 e. The number of ether oxygens (including phenoxy) is 1. The normalized spacial score (nSPS) is 20.1. The highest BCUT2D eigenvalue weighted by Gasteiger charge is 2.30. The molecular formula is C25H31F2N3O2. The van der Waals surface area contributed by atoms with Crippen LogP contribution in [0.3, 0.4) is 0 Å². The Kier molecular flexibility index (Phi) is 8.19. The molecule has 2 N–H and O–H groups in total. The predicted octanol–water partition coefficient (Wildman–Crippen LogP) is 3.83. The molecule has 0 amide bonds. The summed E-state index contributed by atoms with van der Waals surface area (Å²) in [6.07, 6.45) is 1.75. The molecule has 5 nitrogen and oxygen atoms in total. The summed E-state index contributed by atoms with van der Waals surface area (Å²) in [6, 6.07) is 13.0. The average molecular weight is 444 g/mol. The third-order valence-corrected chi connectivity index (χ3v) is 6.14. The summed E-state index contributed by atoms with van der Waals surface area (Å²) in [4.78, 5) is 2.15. The molecule has 1 unspecified atom stereocenters. The van der Waals surface area contributed by atoms with Gasteiger partial charge in [0.1, 0.15) is 5.82 Å². The van der Waals surface area contributed by atoms with Crippen molar-refractivity contribution in [3.63, 3.8) is 0 Å². The van der Waals surface area contributed by atoms with E-state index in [9.17, 15) is 9.50 Å². The lowest BCUT2D eigenvalue weighted by Gasteiger charge is -2.38. The van der Waals surface area contributed by atoms with Gasteiger partial charge in [0.15, 0.2) is 0 Å². The molecule has 0 radical (unpaired) electrons. The molecule has 2 aromatic carbocycles. The molecule has 0 saturated carbocycles. The van der Waals surface area contributed by atoms with E-state index in [1.807, 2.05) is 31.2 Å². The first-order chi connectivity index (χ1) is 15.5. The van der Waals surface area contributed by atoms with E-state index in [-0.39, 0.29) is 11.9 Å². The van der Waals surface area contributed by atoms with Gasteiger partial charge in [0.2, 0.25) is 0 Å². The molecule has 172 valence electrons. The van der Waals surface area contributed by atoms with Gasteiger partial charge in [-0.15, -0.1) is 0 Å². The number of rotatable bonds is 4. The van der Waals surface area contributed by atoms with E-state index >= 15 is 4.39 Å². The fraction of sp³-hybridized carbons (Fsp3) is 0.480. The van der Waals surface area contributed by atoms with E-state index < -0.39 is 5.60 Å². The van der Waals surface area contributed by atoms with Crippen molar-refractivity contribution in [1.82, 2.24) is 5.32 Å². The third kappa shape index (κ3) is 5.63. The quantitative estimate of drug-likeness (QED) is 0.752. The highest BCUT2D eigenvalue weighted by atomic mass is 19.1. The minimum absolute atomic E-state index is 0.0435. The summed E-state index contributed by atoms with van der Waals surface area (Å²) in [7, 11) is 0.500. The van der Waals surface area contributed by atoms with Crippen molar-refractivity contribution in [1.29, 1.82) is 5.26 Å². The Morgan fingerprint density at radius 3 is 2.47 bits per heavy atom. The second kappa shape index (κ2) is 10.9. The van der Waals surface area contributed by atoms with Gasteiger partial charge in [0.25, 0.3) is 0 Å². The van der Waals surface area contributed by atoms with Gasteiger partial charge >= 0.3 is 0 Å². The summed E-state index contributed by atoms with van der Waals surface area (Å²) >= 11 is 0. The van der Waals surface area contributed by atoms with Crippen LogP contribution in [0.1, 0.15) is 30.9 Å². The molecule has 4 rings (SSSR count). The van der Waals surface area contributed by atoms with Crippen molar-refractivity contribution in [3.8, 4) is 17.2 Å². The lowest BCUT2D eigenvalue weighted by Crippen LogP contribution is -2.42. The number of hydrogen-bond donors (Lipinski definition) is 2. The van der Waals surface area contributed by atoms with Crippen LogP contribution in [0.4, 0.5) is 14.5 Å². The number of benzene rings is 2. The first kappa shape index (κ1) is 24.1. The number of halogens is 2. The number of nitrogens with one attached hydrogen (secondary N) is 1. The second-order valence-electron chi connectivity index (χ2n) is 8.51. The van der Waals surface area contributed by atoms with Crippen molar-refractivity contribution in [2.75, 3.05) is 44.9 Å². The highest BCUT2D eigenvalue weighted by molar-refractivity contribution is 5.80. The maximum atomic E-state index is 15.8. The Balaban J connectivity index is 0.00000141. The van der Waals surface area contributed by atoms with Gasteiger partial charge in [-0.25, -0.2) is 4.39 Å². The summed E-state index contributed by atoms with van der Waals surface area (Å²) in [5.74, 6) is -0.233. The predicted molar refractivity (Wildman–Crippen MR) is 122 cm³/mol. The van der Waals surface area contributed by atoms with Crippen molar-refractivity contribution in [3.05, 3.63) is 53.3 Å². The second-order valence-corrected chi connectivity index (χ2v) is 8.51. The van der Waals surface area contributed by atoms with E-state index in [0.29, 0.717) is 69.4 Å². The molecule has 1 atom stereocenters. The maximum Gasteiger partial charge on any atom is 0.136 e. The molecule has 32 heavy (non-hydrogen) atoms. The molecular weight excluding hydrogens is 412 g/mol. The maximum absolute atomic E-state index is 15.8. The molecule has 2 saturated heterocycles. The number of anilines is 1. The van der Waals surface area contributed by atoms with Crippen LogP contribution >= 0.6 is 0 Å². The van der Waals surface area contributed by atoms with E-state index in [4.69, 9.17) is 10.00 Å². The summed E-state index contributed by atoms with van der Waals surface area (Å²) < 4.78 is 31.1. The first-order valence-corrected chi connectivity index (χ1v) is 11.0. The Hall–Kier alpha value is -2.53. The van der Waals surface area contributed by atoms with Gasteiger partial charge in [-0.3, -0.25) is 4.39 Å². The molecule has 0 aliphatic carbocycles. The molecule has 0 aromatic heterocycles. The number of piperidine rings is 1. The summed E-state index contributed by atoms with van der Waals surface area (Å²) in [5, 5.41) is 22.7. The fourth-order valence-electron chi connectivity index (χ4n) is 4.24. The smallest absolute Gasteiger partial charge is 0.136 e. The Morgan fingerprint density at radius 1 is 1.19 bits per heavy atom. The fourth-order valence-corrected chi connectivity index (χ4v) is 4.24. The lowest BCUT2D eigenvalue weighted by molar-refractivity contribution is 0.0287. The largest absolute Gasteiger partial charge is 0.390 e. The van der Waals surface area contributed by atoms with Crippen LogP contribution in [-0.4, -0.2) is 56.8 Å². The number of nitrogens with zero attached hydrogens (tertiary/aromatic N) is 2. The van der Waals surface area contributed by atoms with E-state index in [1.54, 1.807) is 12.1 Å². The Labute approximate surface area is 188 Å². The molecule has 2 heterocycles. The molecule has 2 aromatic rings. The summed E-state index contributed by atoms with van der Waals surface area (Å²) in [5.41, 5.74) is 2.66. The number of morpholine rings is 1. The van der Waals surface area contributed by atoms with Crippen molar-refractivity contribution < 1.29 is 18.6 Å². The van der Waals surface area contributed by atoms with E-state index in [2.05, 4.69) is 16.3 Å². The zero-order valence-electron chi connectivity index (χ0n) is 18.7. The van der Waals surface area contributed by atoms with Gasteiger partial charge < -0.3 is 20.1 Å². The van der Waals surface area contributed by atoms with Crippen molar-refractivity contribution in [2.24, 2.45) is 0 Å². The third-order valence-electron chi connectivity index (χ3n) is 6.14. The SMILES string of the molecule is CC1(O)CCN(c2ccc(CC3CNCCO3)c(F)c2-c2ccc(C#N)cc2)CC1.CF. The van der Waals surface area contributed by atoms with Gasteiger partial charge in [0, 0.05) is 43.9 Å². The molecule has 0 spiro atoms. The van der Waals surface area contributed by atoms with E-state index in [0.717, 1.165) is 17.8 Å². The molecule has 2 aliphatic heterocycles. The monoisotopic (exact) mass is 443 g/mol. The van der Waals surface area contributed by atoms with Gasteiger partial charge in [-0.2, -0.15) is 5.26 Å². The van der Waals surface area contributed by atoms with Crippen LogP contribution in [-0.2, 0) is 11.2 Å². The first-order valence-electron chi connectivity index (χ1n) is 11.0. The topological polar surface area (TPSA) is 68.5 Å². The molecule has 7 heteroatoms. The summed E-state index contributed by atoms with van der Waals surface area (Å²) in [6.45, 7) is 5.38. The Bertz CT molecular complexity index is 925. The van der Waals surface area contributed by atoms with Crippen LogP contribution in [0.15, 0.2) is 36.4 Å². The van der Waals surface area contributed by atoms with Crippen LogP contribution in [0.25, 0.3) is 11.1 Å². The van der Waals surface area contributed by atoms with Crippen molar-refractivity contribution in [2.45, 2.75) is 37.9 Å². The molecule has 2 fully saturated rings. The standard InChI is InChI=1S/C24H28FN3O2.CH3F/c1-24(29)8-11-28(12-9-24)21-7-6-19(14-20-16-27-10-13-30-20)23(25)22(21)18-4-2-17(15-26)3-5-18;1-2/h2-7,20,27,29H,8-14,16H2,1H3;1H3. The number of nitriles is 1. The molecule has 2 aliphatic rings. The lowest BCUT2D eigenvalue weighted by atomic mass is 9.91. The highest BCUT2D eigenvalue weighted by Crippen LogP contribution is 2.38. The van der Waals surface area contributed by atoms with Crippen LogP contribution in [0, 0.1) is 17.1 Å². The van der Waals surface area contributed by atoms with Crippen LogP contribution in [0.5, 0.6) is 0 Å². The number of aliphatic hydroxyl groups is 1. The van der Waals surface area contributed by atoms with Crippen LogP contribution < -0.4 is 10.2 Å². The van der Waals surface area contributed by atoms with Gasteiger partial charge in [-0.05, 0) is 49.1 Å². The number of hydrogen-bond acceptors (Lipinski definition) is 5. The zero-order valence-corrected chi connectivity index (χ0v) is 18.7. The minimum atomic E-state index is -0.672. The molecule has 0 bridgehead atoms. The Morgan fingerprint density at radius 2 is 1.88 bits per heavy atom. The zero-order chi connectivity index (χ0) is 23.1. The van der Waals surface area contributed by atoms with E-state index in [1.165, 1.54) is 0 Å². The van der Waals surface area contributed by atoms with Crippen LogP contribution in [0.2, 0.25) is 0 Å². The van der Waals surface area contributed by atoms with Gasteiger partial charge in [0.05, 0.1) is 37.1 Å².